The molecule has 1 aromatic heterocycles. The average molecular weight is 297 g/mol. The molecule has 0 saturated carbocycles. The molecule has 0 spiro atoms. The topological polar surface area (TPSA) is 39.1 Å². The van der Waals surface area contributed by atoms with Gasteiger partial charge in [-0.2, -0.15) is 0 Å². The van der Waals surface area contributed by atoms with Gasteiger partial charge in [0, 0.05) is 23.7 Å². The number of fused-ring (bicyclic) bond motifs is 1. The number of nitrogens with one attached hydrogen (secondary N) is 1. The molecule has 3 rings (SSSR count). The first-order chi connectivity index (χ1) is 10.9. The van der Waals surface area contributed by atoms with Gasteiger partial charge in [0.1, 0.15) is 0 Å². The maximum Gasteiger partial charge on any atom is 0.0989 e. The number of aryl methyl sites for hydroxylation is 1. The highest BCUT2D eigenvalue weighted by Crippen LogP contribution is 2.32. The van der Waals surface area contributed by atoms with Gasteiger partial charge in [0.2, 0.25) is 0 Å². The molecule has 0 fully saturated rings. The Morgan fingerprint density at radius 3 is 2.95 bits per heavy atom. The summed E-state index contributed by atoms with van der Waals surface area (Å²) in [7, 11) is 0. The van der Waals surface area contributed by atoms with Crippen molar-refractivity contribution in [2.75, 3.05) is 6.61 Å². The van der Waals surface area contributed by atoms with Gasteiger partial charge < -0.3 is 4.57 Å². The van der Waals surface area contributed by atoms with E-state index in [0.717, 1.165) is 31.6 Å². The molecule has 2 aromatic rings. The van der Waals surface area contributed by atoms with E-state index in [1.54, 1.807) is 0 Å². The van der Waals surface area contributed by atoms with Gasteiger partial charge in [0.25, 0.3) is 0 Å². The maximum absolute atomic E-state index is 5.72. The standard InChI is InChI=1S/C18H23N3O/c1-2-3-6-13-22-20-18-16-8-5-4-7-15(16)9-10-17(18)21-12-11-19-14-21/h4-5,7-8,11-12,14,20H,2-3,6,9-10,13H2,1H3. The zero-order valence-corrected chi connectivity index (χ0v) is 13.1. The molecule has 0 unspecified atom stereocenters. The molecule has 116 valence electrons. The number of hydrogen-bond donors (Lipinski definition) is 1. The van der Waals surface area contributed by atoms with E-state index >= 15 is 0 Å². The van der Waals surface area contributed by atoms with Crippen LogP contribution in [0.1, 0.15) is 43.7 Å². The van der Waals surface area contributed by atoms with E-state index in [0.29, 0.717) is 0 Å². The molecule has 1 aliphatic carbocycles. The van der Waals surface area contributed by atoms with Crippen molar-refractivity contribution in [3.63, 3.8) is 0 Å². The monoisotopic (exact) mass is 297 g/mol. The molecule has 0 atom stereocenters. The van der Waals surface area contributed by atoms with Gasteiger partial charge in [-0.15, -0.1) is 0 Å². The lowest BCUT2D eigenvalue weighted by Gasteiger charge is -2.24. The van der Waals surface area contributed by atoms with Gasteiger partial charge in [-0.3, -0.25) is 10.3 Å². The lowest BCUT2D eigenvalue weighted by molar-refractivity contribution is 0.0751. The predicted octanol–water partition coefficient (Wildman–Crippen LogP) is 3.87. The fourth-order valence-corrected chi connectivity index (χ4v) is 2.85. The van der Waals surface area contributed by atoms with Crippen molar-refractivity contribution in [3.8, 4) is 0 Å². The van der Waals surface area contributed by atoms with Crippen molar-refractivity contribution in [1.82, 2.24) is 15.0 Å². The second-order valence-electron chi connectivity index (χ2n) is 5.61. The Bertz CT molecular complexity index is 632. The second-order valence-corrected chi connectivity index (χ2v) is 5.61. The van der Waals surface area contributed by atoms with Crippen molar-refractivity contribution in [1.29, 1.82) is 0 Å². The number of hydrogen-bond acceptors (Lipinski definition) is 3. The Kier molecular flexibility index (Phi) is 4.91. The van der Waals surface area contributed by atoms with Crippen LogP contribution < -0.4 is 5.48 Å². The highest BCUT2D eigenvalue weighted by Gasteiger charge is 2.20. The predicted molar refractivity (Wildman–Crippen MR) is 88.7 cm³/mol. The van der Waals surface area contributed by atoms with Gasteiger partial charge in [0.05, 0.1) is 18.6 Å². The highest BCUT2D eigenvalue weighted by molar-refractivity contribution is 5.85. The smallest absolute Gasteiger partial charge is 0.0989 e. The van der Waals surface area contributed by atoms with Gasteiger partial charge in [0.15, 0.2) is 0 Å². The number of hydroxylamine groups is 1. The van der Waals surface area contributed by atoms with Gasteiger partial charge in [-0.25, -0.2) is 4.98 Å². The summed E-state index contributed by atoms with van der Waals surface area (Å²) in [5.74, 6) is 0. The summed E-state index contributed by atoms with van der Waals surface area (Å²) in [6.45, 7) is 2.93. The van der Waals surface area contributed by atoms with Gasteiger partial charge in [-0.1, -0.05) is 44.0 Å². The summed E-state index contributed by atoms with van der Waals surface area (Å²) in [5.41, 5.74) is 8.08. The van der Waals surface area contributed by atoms with Crippen LogP contribution in [0, 0.1) is 0 Å². The molecule has 1 aromatic carbocycles. The fourth-order valence-electron chi connectivity index (χ4n) is 2.85. The molecule has 0 aliphatic heterocycles. The Balaban J connectivity index is 1.84. The summed E-state index contributed by atoms with van der Waals surface area (Å²) in [5, 5.41) is 0. The third kappa shape index (κ3) is 3.22. The molecular weight excluding hydrogens is 274 g/mol. The van der Waals surface area contributed by atoms with E-state index in [9.17, 15) is 0 Å². The summed E-state index contributed by atoms with van der Waals surface area (Å²) in [4.78, 5) is 9.89. The highest BCUT2D eigenvalue weighted by atomic mass is 16.6. The minimum Gasteiger partial charge on any atom is -0.308 e. The van der Waals surface area contributed by atoms with Crippen LogP contribution in [0.25, 0.3) is 11.4 Å². The van der Waals surface area contributed by atoms with Crippen molar-refractivity contribution in [2.24, 2.45) is 0 Å². The first-order valence-corrected chi connectivity index (χ1v) is 8.07. The van der Waals surface area contributed by atoms with Crippen LogP contribution >= 0.6 is 0 Å². The largest absolute Gasteiger partial charge is 0.308 e. The zero-order chi connectivity index (χ0) is 15.2. The van der Waals surface area contributed by atoms with Gasteiger partial charge in [-0.05, 0) is 24.8 Å². The fraction of sp³-hybridized carbons (Fsp3) is 0.389. The van der Waals surface area contributed by atoms with Crippen LogP contribution in [-0.2, 0) is 11.3 Å². The van der Waals surface area contributed by atoms with Crippen LogP contribution in [0.2, 0.25) is 0 Å². The molecule has 4 nitrogen and oxygen atoms in total. The number of benzene rings is 1. The van der Waals surface area contributed by atoms with E-state index in [1.807, 2.05) is 18.7 Å². The Morgan fingerprint density at radius 1 is 1.23 bits per heavy atom. The Labute approximate surface area is 131 Å². The number of aromatic nitrogens is 2. The van der Waals surface area contributed by atoms with E-state index < -0.39 is 0 Å². The molecule has 1 heterocycles. The summed E-state index contributed by atoms with van der Waals surface area (Å²) >= 11 is 0. The Morgan fingerprint density at radius 2 is 2.14 bits per heavy atom. The number of unbranched alkanes of at least 4 members (excludes halogenated alkanes) is 2. The normalized spacial score (nSPS) is 14.0. The second kappa shape index (κ2) is 7.27. The molecule has 1 N–H and O–H groups in total. The molecule has 0 bridgehead atoms. The van der Waals surface area contributed by atoms with Crippen LogP contribution in [0.3, 0.4) is 0 Å². The molecule has 0 saturated heterocycles. The molecular formula is C18H23N3O. The first kappa shape index (κ1) is 14.9. The molecule has 0 amide bonds. The van der Waals surface area contributed by atoms with Crippen LogP contribution in [0.15, 0.2) is 43.0 Å². The first-order valence-electron chi connectivity index (χ1n) is 8.07. The molecule has 4 heteroatoms. The van der Waals surface area contributed by atoms with Crippen LogP contribution in [-0.4, -0.2) is 16.2 Å². The summed E-state index contributed by atoms with van der Waals surface area (Å²) in [6.07, 6.45) is 11.2. The number of rotatable bonds is 7. The van der Waals surface area contributed by atoms with Crippen LogP contribution in [0.5, 0.6) is 0 Å². The minimum atomic E-state index is 0.733. The summed E-state index contributed by atoms with van der Waals surface area (Å²) < 4.78 is 2.08. The van der Waals surface area contributed by atoms with Crippen molar-refractivity contribution >= 4 is 11.4 Å². The van der Waals surface area contributed by atoms with Crippen molar-refractivity contribution in [2.45, 2.75) is 39.0 Å². The minimum absolute atomic E-state index is 0.733. The number of imidazole rings is 1. The van der Waals surface area contributed by atoms with Crippen LogP contribution in [0.4, 0.5) is 0 Å². The van der Waals surface area contributed by atoms with Crippen molar-refractivity contribution in [3.05, 3.63) is 54.1 Å². The van der Waals surface area contributed by atoms with Gasteiger partial charge >= 0.3 is 0 Å². The maximum atomic E-state index is 5.72. The lowest BCUT2D eigenvalue weighted by Crippen LogP contribution is -2.21. The SMILES string of the molecule is CCCCCONC1=C(n2ccnc2)CCc2ccccc21. The third-order valence-corrected chi connectivity index (χ3v) is 4.05. The average Bonchev–Trinajstić information content (AvgIpc) is 3.09. The van der Waals surface area contributed by atoms with E-state index in [2.05, 4.69) is 46.2 Å². The quantitative estimate of drug-likeness (QED) is 0.623. The van der Waals surface area contributed by atoms with Crippen molar-refractivity contribution < 1.29 is 4.84 Å². The van der Waals surface area contributed by atoms with E-state index in [4.69, 9.17) is 4.84 Å². The zero-order valence-electron chi connectivity index (χ0n) is 13.1. The number of allylic oxidation sites excluding steroid dienone is 1. The summed E-state index contributed by atoms with van der Waals surface area (Å²) in [6, 6.07) is 8.52. The molecule has 22 heavy (non-hydrogen) atoms. The van der Waals surface area contributed by atoms with E-state index in [1.165, 1.54) is 29.7 Å². The number of nitrogens with zero attached hydrogens (tertiary/aromatic N) is 2. The van der Waals surface area contributed by atoms with E-state index in [-0.39, 0.29) is 0 Å². The molecule has 0 radical (unpaired) electrons. The lowest BCUT2D eigenvalue weighted by atomic mass is 9.92. The third-order valence-electron chi connectivity index (χ3n) is 4.05. The molecule has 1 aliphatic rings. The Hall–Kier alpha value is -2.07.